The smallest absolute Gasteiger partial charge is 0.303 e. The Balaban J connectivity index is 1.06. The van der Waals surface area contributed by atoms with Crippen LogP contribution in [-0.2, 0) is 42.9 Å². The van der Waals surface area contributed by atoms with E-state index in [1.54, 1.807) is 5.57 Å². The van der Waals surface area contributed by atoms with Gasteiger partial charge in [-0.25, -0.2) is 0 Å². The van der Waals surface area contributed by atoms with Crippen molar-refractivity contribution < 1.29 is 42.9 Å². The lowest BCUT2D eigenvalue weighted by molar-refractivity contribution is -0.211. The molecule has 4 aliphatic carbocycles. The second-order valence-corrected chi connectivity index (χ2v) is 20.7. The molecular formula is C47H77NO9S. The molecule has 0 aromatic carbocycles. The second-order valence-electron chi connectivity index (χ2n) is 19.5. The zero-order valence-corrected chi connectivity index (χ0v) is 38.1. The zero-order chi connectivity index (χ0) is 42.2. The van der Waals surface area contributed by atoms with Gasteiger partial charge in [0, 0.05) is 34.3 Å². The number of allylic oxidation sites excluding steroid dienone is 1. The van der Waals surface area contributed by atoms with Crippen molar-refractivity contribution in [1.29, 1.82) is 0 Å². The Bertz CT molecular complexity index is 1440. The lowest BCUT2D eigenvalue weighted by Crippen LogP contribution is -2.65. The first-order valence-electron chi connectivity index (χ1n) is 22.9. The fourth-order valence-corrected chi connectivity index (χ4v) is 13.5. The summed E-state index contributed by atoms with van der Waals surface area (Å²) in [5, 5.41) is 2.85. The molecule has 0 aromatic rings. The predicted octanol–water partition coefficient (Wildman–Crippen LogP) is 9.36. The van der Waals surface area contributed by atoms with Crippen molar-refractivity contribution in [3.63, 3.8) is 0 Å². The summed E-state index contributed by atoms with van der Waals surface area (Å²) in [7, 11) is 0. The third-order valence-electron chi connectivity index (χ3n) is 15.0. The second kappa shape index (κ2) is 21.1. The highest BCUT2D eigenvalue weighted by atomic mass is 32.2. The van der Waals surface area contributed by atoms with Crippen LogP contribution in [0.1, 0.15) is 159 Å². The molecular weight excluding hydrogens is 755 g/mol. The maximum Gasteiger partial charge on any atom is 0.303 e. The van der Waals surface area contributed by atoms with Crippen LogP contribution in [0.25, 0.3) is 0 Å². The van der Waals surface area contributed by atoms with Crippen molar-refractivity contribution in [3.05, 3.63) is 11.6 Å². The Labute approximate surface area is 354 Å². The molecule has 1 unspecified atom stereocenters. The molecule has 1 N–H and O–H groups in total. The molecule has 4 fully saturated rings. The van der Waals surface area contributed by atoms with E-state index in [1.165, 1.54) is 97.2 Å². The van der Waals surface area contributed by atoms with E-state index in [0.717, 1.165) is 86.4 Å². The van der Waals surface area contributed by atoms with Gasteiger partial charge in [0.05, 0.1) is 6.10 Å². The first-order chi connectivity index (χ1) is 27.5. The number of thioether (sulfide) groups is 1. The summed E-state index contributed by atoms with van der Waals surface area (Å²) in [6.45, 7) is 18.4. The van der Waals surface area contributed by atoms with E-state index in [-0.39, 0.29) is 12.5 Å². The molecule has 0 bridgehead atoms. The molecule has 330 valence electrons. The molecule has 0 spiro atoms. The minimum atomic E-state index is -1.07. The van der Waals surface area contributed by atoms with Gasteiger partial charge in [-0.05, 0) is 116 Å². The van der Waals surface area contributed by atoms with Crippen LogP contribution in [0.2, 0.25) is 0 Å². The number of unbranched alkanes of at least 4 members (excludes halogenated alkanes) is 3. The Hall–Kier alpha value is -2.11. The summed E-state index contributed by atoms with van der Waals surface area (Å²) in [6, 6.07) is -0.772. The fourth-order valence-electron chi connectivity index (χ4n) is 12.2. The van der Waals surface area contributed by atoms with E-state index in [4.69, 9.17) is 23.7 Å². The SMILES string of the molecule is CC(=O)N[C@@H]1[C@@H](OC(C)=O)[C@H](OC(C)=O)[C@@H](COC(C)=O)O[C@H]1SCCCCCCOC1CC[C@@]2(C)C(=CC[C@H]3[C@@H]4CC[C@H]([C@H](C)CCCC(C)C)[C@@]4(C)CC[C@@H]32)C1. The molecule has 1 amide bonds. The Morgan fingerprint density at radius 2 is 1.57 bits per heavy atom. The van der Waals surface area contributed by atoms with Crippen LogP contribution in [0.4, 0.5) is 0 Å². The van der Waals surface area contributed by atoms with Crippen molar-refractivity contribution in [1.82, 2.24) is 5.32 Å². The molecule has 0 aromatic heterocycles. The lowest BCUT2D eigenvalue weighted by Gasteiger charge is -2.58. The van der Waals surface area contributed by atoms with Crippen LogP contribution in [0, 0.1) is 46.3 Å². The normalized spacial score (nSPS) is 36.1. The Morgan fingerprint density at radius 1 is 0.845 bits per heavy atom. The standard InChI is InChI=1S/C47H77NO9S/c1-29(2)15-14-16-30(3)38-19-20-39-37-18-17-35-27-36(21-23-46(35,8)40(37)22-24-47(38,39)9)53-25-12-10-11-13-26-58-45-42(48-31(4)49)44(56-34(7)52)43(55-33(6)51)41(57-45)28-54-32(5)50/h17,29-30,36-45H,10-16,18-28H2,1-9H3,(H,48,49)/t30-,36?,37+,38-,39+,40+,41-,42-,43-,44-,45+,46+,47-/m1/s1. The number of carbonyl (C=O) groups excluding carboxylic acids is 4. The number of amides is 1. The molecule has 13 atom stereocenters. The maximum atomic E-state index is 12.3. The van der Waals surface area contributed by atoms with Gasteiger partial charge in [0.1, 0.15) is 24.2 Å². The van der Waals surface area contributed by atoms with Gasteiger partial charge >= 0.3 is 17.9 Å². The molecule has 3 saturated carbocycles. The Kier molecular flexibility index (Phi) is 17.1. The van der Waals surface area contributed by atoms with Gasteiger partial charge in [-0.3, -0.25) is 19.2 Å². The highest BCUT2D eigenvalue weighted by Gasteiger charge is 2.59. The highest BCUT2D eigenvalue weighted by Crippen LogP contribution is 2.67. The van der Waals surface area contributed by atoms with Crippen molar-refractivity contribution in [2.75, 3.05) is 19.0 Å². The molecule has 0 radical (unpaired) electrons. The molecule has 5 rings (SSSR count). The van der Waals surface area contributed by atoms with Crippen LogP contribution >= 0.6 is 11.8 Å². The number of hydrogen-bond acceptors (Lipinski definition) is 10. The topological polar surface area (TPSA) is 126 Å². The predicted molar refractivity (Wildman–Crippen MR) is 228 cm³/mol. The van der Waals surface area contributed by atoms with Crippen LogP contribution in [0.3, 0.4) is 0 Å². The van der Waals surface area contributed by atoms with E-state index in [1.807, 2.05) is 0 Å². The molecule has 58 heavy (non-hydrogen) atoms. The first-order valence-corrected chi connectivity index (χ1v) is 23.9. The zero-order valence-electron chi connectivity index (χ0n) is 37.3. The van der Waals surface area contributed by atoms with E-state index in [0.29, 0.717) is 16.9 Å². The molecule has 5 aliphatic rings. The summed E-state index contributed by atoms with van der Waals surface area (Å²) in [5.41, 5.74) is 1.93. The summed E-state index contributed by atoms with van der Waals surface area (Å²) in [5.74, 6) is 3.83. The van der Waals surface area contributed by atoms with Crippen LogP contribution in [0.5, 0.6) is 0 Å². The third kappa shape index (κ3) is 11.6. The van der Waals surface area contributed by atoms with Crippen molar-refractivity contribution in [2.45, 2.75) is 195 Å². The van der Waals surface area contributed by atoms with Gasteiger partial charge < -0.3 is 29.0 Å². The number of fused-ring (bicyclic) bond motifs is 5. The van der Waals surface area contributed by atoms with E-state index in [2.05, 4.69) is 46.0 Å². The van der Waals surface area contributed by atoms with Crippen molar-refractivity contribution in [3.8, 4) is 0 Å². The van der Waals surface area contributed by atoms with Gasteiger partial charge in [0.25, 0.3) is 0 Å². The maximum absolute atomic E-state index is 12.3. The molecule has 11 heteroatoms. The number of nitrogens with one attached hydrogen (secondary N) is 1. The molecule has 1 aliphatic heterocycles. The average molecular weight is 832 g/mol. The quantitative estimate of drug-likeness (QED) is 0.0583. The minimum absolute atomic E-state index is 0.188. The number of rotatable bonds is 19. The fraction of sp³-hybridized carbons (Fsp3) is 0.872. The molecule has 1 heterocycles. The molecule has 1 saturated heterocycles. The van der Waals surface area contributed by atoms with Crippen molar-refractivity contribution >= 4 is 35.6 Å². The van der Waals surface area contributed by atoms with E-state index >= 15 is 0 Å². The molecule has 10 nitrogen and oxygen atoms in total. The summed E-state index contributed by atoms with van der Waals surface area (Å²) in [4.78, 5) is 48.1. The van der Waals surface area contributed by atoms with Gasteiger partial charge in [-0.15, -0.1) is 11.8 Å². The minimum Gasteiger partial charge on any atom is -0.463 e. The lowest BCUT2D eigenvalue weighted by atomic mass is 9.47. The first kappa shape index (κ1) is 46.9. The van der Waals surface area contributed by atoms with Crippen molar-refractivity contribution in [2.24, 2.45) is 46.3 Å². The number of esters is 3. The number of ether oxygens (including phenoxy) is 5. The monoisotopic (exact) mass is 832 g/mol. The summed E-state index contributed by atoms with van der Waals surface area (Å²) >= 11 is 1.50. The van der Waals surface area contributed by atoms with E-state index in [9.17, 15) is 19.2 Å². The van der Waals surface area contributed by atoms with Gasteiger partial charge in [-0.2, -0.15) is 0 Å². The highest BCUT2D eigenvalue weighted by molar-refractivity contribution is 7.99. The van der Waals surface area contributed by atoms with Gasteiger partial charge in [0.2, 0.25) is 5.91 Å². The summed E-state index contributed by atoms with van der Waals surface area (Å²) < 4.78 is 29.2. The largest absolute Gasteiger partial charge is 0.463 e. The number of carbonyl (C=O) groups is 4. The van der Waals surface area contributed by atoms with Crippen LogP contribution in [0.15, 0.2) is 11.6 Å². The van der Waals surface area contributed by atoms with Gasteiger partial charge in [0.15, 0.2) is 12.2 Å². The van der Waals surface area contributed by atoms with Crippen LogP contribution in [-0.4, -0.2) is 78.7 Å². The van der Waals surface area contributed by atoms with Gasteiger partial charge in [-0.1, -0.05) is 78.4 Å². The Morgan fingerprint density at radius 3 is 2.26 bits per heavy atom. The average Bonchev–Trinajstić information content (AvgIpc) is 3.50. The summed E-state index contributed by atoms with van der Waals surface area (Å²) in [6.07, 6.45) is 18.7. The third-order valence-corrected chi connectivity index (χ3v) is 16.3. The van der Waals surface area contributed by atoms with E-state index < -0.39 is 47.7 Å². The number of hydrogen-bond donors (Lipinski definition) is 1. The van der Waals surface area contributed by atoms with Crippen LogP contribution < -0.4 is 5.32 Å².